The number of nitrogens with zero attached hydrogens (tertiary/aromatic N) is 1. The van der Waals surface area contributed by atoms with Crippen LogP contribution in [-0.4, -0.2) is 0 Å². The van der Waals surface area contributed by atoms with Crippen LogP contribution in [0.2, 0.25) is 0 Å². The first kappa shape index (κ1) is 34.3. The largest absolute Gasteiger partial charge is 0.310 e. The molecule has 2 aliphatic rings. The fourth-order valence-electron chi connectivity index (χ4n) is 10.3. The summed E-state index contributed by atoms with van der Waals surface area (Å²) in [6.07, 6.45) is 0. The molecule has 0 aliphatic heterocycles. The molecule has 60 heavy (non-hydrogen) atoms. The summed E-state index contributed by atoms with van der Waals surface area (Å²) in [5.74, 6) is 0. The van der Waals surface area contributed by atoms with E-state index in [0.717, 1.165) is 17.1 Å². The van der Waals surface area contributed by atoms with E-state index in [1.165, 1.54) is 88.7 Å². The van der Waals surface area contributed by atoms with Crippen molar-refractivity contribution in [1.82, 2.24) is 0 Å². The van der Waals surface area contributed by atoms with Crippen LogP contribution in [0.25, 0.3) is 66.4 Å². The number of fused-ring (bicyclic) bond motifs is 12. The molecule has 1 spiro atoms. The van der Waals surface area contributed by atoms with E-state index in [0.29, 0.717) is 0 Å². The van der Waals surface area contributed by atoms with Gasteiger partial charge >= 0.3 is 0 Å². The van der Waals surface area contributed by atoms with Gasteiger partial charge in [-0.05, 0) is 125 Å². The second-order valence-corrected chi connectivity index (χ2v) is 16.0. The SMILES string of the molecule is c1ccc(-c2ccc(N(c3ccc(-c4ccccc4)cc3)c3cc(-c4ccccc4)c4c(c3)C3(c5ccccc5-c5ccccc53)c3c-4ccc4ccccc34)cc2)cc1. The molecule has 1 nitrogen and oxygen atoms in total. The van der Waals surface area contributed by atoms with E-state index < -0.39 is 5.41 Å². The Bertz CT molecular complexity index is 3090. The Morgan fingerprint density at radius 1 is 0.283 bits per heavy atom. The predicted molar refractivity (Wildman–Crippen MR) is 251 cm³/mol. The summed E-state index contributed by atoms with van der Waals surface area (Å²) in [5, 5.41) is 2.55. The first-order chi connectivity index (χ1) is 29.8. The molecule has 0 saturated carbocycles. The van der Waals surface area contributed by atoms with E-state index >= 15 is 0 Å². The summed E-state index contributed by atoms with van der Waals surface area (Å²) in [6.45, 7) is 0. The molecular formula is C59H39N. The van der Waals surface area contributed by atoms with Crippen molar-refractivity contribution in [3.05, 3.63) is 259 Å². The van der Waals surface area contributed by atoms with Crippen LogP contribution in [0.3, 0.4) is 0 Å². The van der Waals surface area contributed by atoms with Gasteiger partial charge in [0.2, 0.25) is 0 Å². The van der Waals surface area contributed by atoms with Crippen molar-refractivity contribution in [2.75, 3.05) is 4.90 Å². The number of anilines is 3. The number of hydrogen-bond donors (Lipinski definition) is 0. The summed E-state index contributed by atoms with van der Waals surface area (Å²) < 4.78 is 0. The predicted octanol–water partition coefficient (Wildman–Crippen LogP) is 15.7. The fraction of sp³-hybridized carbons (Fsp3) is 0.0169. The molecule has 0 heterocycles. The van der Waals surface area contributed by atoms with E-state index in [2.05, 4.69) is 241 Å². The monoisotopic (exact) mass is 761 g/mol. The van der Waals surface area contributed by atoms with Gasteiger partial charge in [0.25, 0.3) is 0 Å². The van der Waals surface area contributed by atoms with E-state index in [1.807, 2.05) is 0 Å². The molecule has 0 aromatic heterocycles. The van der Waals surface area contributed by atoms with Crippen LogP contribution in [0.15, 0.2) is 237 Å². The lowest BCUT2D eigenvalue weighted by atomic mass is 9.69. The minimum Gasteiger partial charge on any atom is -0.310 e. The summed E-state index contributed by atoms with van der Waals surface area (Å²) in [7, 11) is 0. The number of rotatable bonds is 6. The highest BCUT2D eigenvalue weighted by Gasteiger charge is 2.53. The summed E-state index contributed by atoms with van der Waals surface area (Å²) in [6, 6.07) is 87.4. The van der Waals surface area contributed by atoms with Gasteiger partial charge < -0.3 is 4.90 Å². The normalized spacial score (nSPS) is 12.8. The van der Waals surface area contributed by atoms with Crippen molar-refractivity contribution >= 4 is 27.8 Å². The maximum absolute atomic E-state index is 2.52. The average molecular weight is 762 g/mol. The third-order valence-corrected chi connectivity index (χ3v) is 12.9. The molecule has 0 radical (unpaired) electrons. The van der Waals surface area contributed by atoms with Gasteiger partial charge in [-0.15, -0.1) is 0 Å². The zero-order valence-corrected chi connectivity index (χ0v) is 33.0. The Morgan fingerprint density at radius 3 is 1.32 bits per heavy atom. The average Bonchev–Trinajstić information content (AvgIpc) is 3.80. The molecule has 280 valence electrons. The highest BCUT2D eigenvalue weighted by atomic mass is 15.1. The molecule has 0 bridgehead atoms. The molecule has 0 atom stereocenters. The van der Waals surface area contributed by atoms with Crippen LogP contribution in [0.5, 0.6) is 0 Å². The van der Waals surface area contributed by atoms with E-state index in [-0.39, 0.29) is 0 Å². The molecule has 2 aliphatic carbocycles. The minimum absolute atomic E-state index is 0.543. The first-order valence-corrected chi connectivity index (χ1v) is 20.8. The van der Waals surface area contributed by atoms with Crippen molar-refractivity contribution < 1.29 is 0 Å². The summed E-state index contributed by atoms with van der Waals surface area (Å²) >= 11 is 0. The second-order valence-electron chi connectivity index (χ2n) is 16.0. The van der Waals surface area contributed by atoms with Crippen molar-refractivity contribution in [2.45, 2.75) is 5.41 Å². The molecular weight excluding hydrogens is 723 g/mol. The van der Waals surface area contributed by atoms with Gasteiger partial charge in [-0.2, -0.15) is 0 Å². The Hall–Kier alpha value is -7.74. The van der Waals surface area contributed by atoms with Crippen LogP contribution in [-0.2, 0) is 5.41 Å². The number of hydrogen-bond acceptors (Lipinski definition) is 1. The standard InChI is InChI=1S/C59H39N/c1-4-16-40(17-5-1)42-28-33-46(34-29-42)60(47-35-30-43(31-36-47)41-18-6-2-7-19-41)48-38-53(44-20-8-3-9-21-44)57-52-37-32-45-22-10-11-23-49(45)58(52)59(56(57)39-48)54-26-14-12-24-50(54)51-25-13-15-27-55(51)59/h1-39H. The molecule has 10 aromatic carbocycles. The van der Waals surface area contributed by atoms with Gasteiger partial charge in [0.15, 0.2) is 0 Å². The third kappa shape index (κ3) is 5.13. The Morgan fingerprint density at radius 2 is 0.750 bits per heavy atom. The third-order valence-electron chi connectivity index (χ3n) is 12.9. The van der Waals surface area contributed by atoms with Crippen molar-refractivity contribution in [3.8, 4) is 55.6 Å². The number of benzene rings is 10. The van der Waals surface area contributed by atoms with Gasteiger partial charge in [0, 0.05) is 17.1 Å². The Balaban J connectivity index is 1.18. The van der Waals surface area contributed by atoms with E-state index in [1.54, 1.807) is 0 Å². The van der Waals surface area contributed by atoms with Crippen LogP contribution in [0.1, 0.15) is 22.3 Å². The molecule has 12 rings (SSSR count). The minimum atomic E-state index is -0.543. The molecule has 0 saturated heterocycles. The summed E-state index contributed by atoms with van der Waals surface area (Å²) in [4.78, 5) is 2.46. The molecule has 0 amide bonds. The van der Waals surface area contributed by atoms with E-state index in [4.69, 9.17) is 0 Å². The van der Waals surface area contributed by atoms with Gasteiger partial charge in [-0.3, -0.25) is 0 Å². The second kappa shape index (κ2) is 13.7. The van der Waals surface area contributed by atoms with Crippen molar-refractivity contribution in [2.24, 2.45) is 0 Å². The van der Waals surface area contributed by atoms with E-state index in [9.17, 15) is 0 Å². The molecule has 0 N–H and O–H groups in total. The van der Waals surface area contributed by atoms with Crippen LogP contribution >= 0.6 is 0 Å². The van der Waals surface area contributed by atoms with Gasteiger partial charge in [-0.1, -0.05) is 200 Å². The molecule has 10 aromatic rings. The smallest absolute Gasteiger partial charge is 0.0732 e. The first-order valence-electron chi connectivity index (χ1n) is 20.8. The zero-order valence-electron chi connectivity index (χ0n) is 33.0. The lowest BCUT2D eigenvalue weighted by molar-refractivity contribution is 0.801. The molecule has 1 heteroatoms. The van der Waals surface area contributed by atoms with Gasteiger partial charge in [0.05, 0.1) is 5.41 Å². The van der Waals surface area contributed by atoms with Crippen LogP contribution in [0.4, 0.5) is 17.1 Å². The maximum Gasteiger partial charge on any atom is 0.0732 e. The fourth-order valence-corrected chi connectivity index (χ4v) is 10.3. The topological polar surface area (TPSA) is 3.24 Å². The summed E-state index contributed by atoms with van der Waals surface area (Å²) in [5.41, 5.74) is 20.6. The van der Waals surface area contributed by atoms with Crippen LogP contribution < -0.4 is 4.90 Å². The van der Waals surface area contributed by atoms with Gasteiger partial charge in [0.1, 0.15) is 0 Å². The lowest BCUT2D eigenvalue weighted by Crippen LogP contribution is -2.26. The highest BCUT2D eigenvalue weighted by molar-refractivity contribution is 6.08. The molecule has 0 fully saturated rings. The Kier molecular flexibility index (Phi) is 7.83. The maximum atomic E-state index is 2.52. The van der Waals surface area contributed by atoms with Crippen LogP contribution in [0, 0.1) is 0 Å². The van der Waals surface area contributed by atoms with Crippen molar-refractivity contribution in [3.63, 3.8) is 0 Å². The quantitative estimate of drug-likeness (QED) is 0.163. The Labute approximate surface area is 351 Å². The molecule has 0 unspecified atom stereocenters. The zero-order chi connectivity index (χ0) is 39.6. The van der Waals surface area contributed by atoms with Crippen molar-refractivity contribution in [1.29, 1.82) is 0 Å². The lowest BCUT2D eigenvalue weighted by Gasteiger charge is -2.33. The van der Waals surface area contributed by atoms with Gasteiger partial charge in [-0.25, -0.2) is 0 Å². The highest BCUT2D eigenvalue weighted by Crippen LogP contribution is 2.66.